The van der Waals surface area contributed by atoms with Crippen molar-refractivity contribution in [2.45, 2.75) is 31.8 Å². The van der Waals surface area contributed by atoms with Crippen LogP contribution in [0.15, 0.2) is 15.9 Å². The third-order valence-electron chi connectivity index (χ3n) is 2.84. The summed E-state index contributed by atoms with van der Waals surface area (Å²) in [6, 6.07) is 4.74. The first-order valence-electron chi connectivity index (χ1n) is 5.30. The van der Waals surface area contributed by atoms with E-state index in [4.69, 9.17) is 5.11 Å². The van der Waals surface area contributed by atoms with E-state index in [0.717, 1.165) is 16.6 Å². The van der Waals surface area contributed by atoms with Crippen molar-refractivity contribution in [3.8, 4) is 0 Å². The monoisotopic (exact) mass is 303 g/mol. The van der Waals surface area contributed by atoms with E-state index in [1.165, 1.54) is 4.88 Å². The lowest BCUT2D eigenvalue weighted by Crippen LogP contribution is -2.33. The number of hydrogen-bond donors (Lipinski definition) is 1. The smallest absolute Gasteiger partial charge is 0.317 e. The summed E-state index contributed by atoms with van der Waals surface area (Å²) in [5.74, 6) is -0.741. The SMILES string of the molecule is CC(c1ccc(Br)s1)N(CC(=O)O)C1CC1. The first-order valence-corrected chi connectivity index (χ1v) is 6.91. The summed E-state index contributed by atoms with van der Waals surface area (Å²) >= 11 is 5.12. The molecule has 1 heterocycles. The second-order valence-electron chi connectivity index (χ2n) is 4.12. The number of carboxylic acids is 1. The van der Waals surface area contributed by atoms with Gasteiger partial charge in [-0.25, -0.2) is 0 Å². The highest BCUT2D eigenvalue weighted by atomic mass is 79.9. The average Bonchev–Trinajstić information content (AvgIpc) is 2.96. The van der Waals surface area contributed by atoms with Gasteiger partial charge in [0.2, 0.25) is 0 Å². The molecule has 1 unspecified atom stereocenters. The molecule has 0 saturated heterocycles. The molecule has 2 rings (SSSR count). The highest BCUT2D eigenvalue weighted by molar-refractivity contribution is 9.11. The Morgan fingerprint density at radius 1 is 1.69 bits per heavy atom. The molecular weight excluding hydrogens is 290 g/mol. The highest BCUT2D eigenvalue weighted by Crippen LogP contribution is 2.37. The summed E-state index contributed by atoms with van der Waals surface area (Å²) in [4.78, 5) is 14.1. The predicted molar refractivity (Wildman–Crippen MR) is 67.8 cm³/mol. The number of rotatable bonds is 5. The number of halogens is 1. The molecule has 1 aliphatic carbocycles. The van der Waals surface area contributed by atoms with Crippen molar-refractivity contribution < 1.29 is 9.90 Å². The van der Waals surface area contributed by atoms with E-state index in [2.05, 4.69) is 33.8 Å². The Hall–Kier alpha value is -0.390. The van der Waals surface area contributed by atoms with Crippen molar-refractivity contribution >= 4 is 33.2 Å². The Labute approximate surface area is 107 Å². The van der Waals surface area contributed by atoms with Crippen LogP contribution in [0.3, 0.4) is 0 Å². The maximum absolute atomic E-state index is 10.8. The van der Waals surface area contributed by atoms with E-state index in [0.29, 0.717) is 6.04 Å². The summed E-state index contributed by atoms with van der Waals surface area (Å²) in [5, 5.41) is 8.91. The van der Waals surface area contributed by atoms with E-state index < -0.39 is 5.97 Å². The molecule has 5 heteroatoms. The maximum Gasteiger partial charge on any atom is 0.317 e. The number of carboxylic acid groups (broad SMARTS) is 1. The second kappa shape index (κ2) is 4.85. The Balaban J connectivity index is 2.10. The largest absolute Gasteiger partial charge is 0.480 e. The van der Waals surface area contributed by atoms with Gasteiger partial charge in [-0.15, -0.1) is 11.3 Å². The molecule has 1 aromatic rings. The molecule has 1 aliphatic rings. The molecule has 3 nitrogen and oxygen atoms in total. The minimum Gasteiger partial charge on any atom is -0.480 e. The zero-order chi connectivity index (χ0) is 11.7. The van der Waals surface area contributed by atoms with Gasteiger partial charge in [-0.2, -0.15) is 0 Å². The fraction of sp³-hybridized carbons (Fsp3) is 0.545. The maximum atomic E-state index is 10.8. The van der Waals surface area contributed by atoms with Crippen LogP contribution in [-0.2, 0) is 4.79 Å². The van der Waals surface area contributed by atoms with Gasteiger partial charge in [-0.05, 0) is 47.8 Å². The van der Waals surface area contributed by atoms with Crippen LogP contribution < -0.4 is 0 Å². The van der Waals surface area contributed by atoms with Crippen molar-refractivity contribution in [3.63, 3.8) is 0 Å². The van der Waals surface area contributed by atoms with E-state index in [1.54, 1.807) is 11.3 Å². The molecule has 1 fully saturated rings. The molecule has 88 valence electrons. The summed E-state index contributed by atoms with van der Waals surface area (Å²) in [6.45, 7) is 2.22. The summed E-state index contributed by atoms with van der Waals surface area (Å²) in [7, 11) is 0. The van der Waals surface area contributed by atoms with E-state index in [9.17, 15) is 4.79 Å². The van der Waals surface area contributed by atoms with Crippen molar-refractivity contribution in [2.75, 3.05) is 6.54 Å². The average molecular weight is 304 g/mol. The van der Waals surface area contributed by atoms with E-state index >= 15 is 0 Å². The lowest BCUT2D eigenvalue weighted by atomic mass is 10.2. The Morgan fingerprint density at radius 2 is 2.38 bits per heavy atom. The lowest BCUT2D eigenvalue weighted by Gasteiger charge is -2.26. The third kappa shape index (κ3) is 2.84. The molecule has 0 bridgehead atoms. The molecule has 1 atom stereocenters. The predicted octanol–water partition coefficient (Wildman–Crippen LogP) is 3.12. The lowest BCUT2D eigenvalue weighted by molar-refractivity contribution is -0.139. The van der Waals surface area contributed by atoms with Crippen LogP contribution in [-0.4, -0.2) is 28.6 Å². The molecule has 0 aliphatic heterocycles. The van der Waals surface area contributed by atoms with Crippen molar-refractivity contribution in [1.82, 2.24) is 4.90 Å². The van der Waals surface area contributed by atoms with Crippen molar-refractivity contribution in [1.29, 1.82) is 0 Å². The highest BCUT2D eigenvalue weighted by Gasteiger charge is 2.34. The van der Waals surface area contributed by atoms with Gasteiger partial charge in [-0.1, -0.05) is 0 Å². The Bertz CT molecular complexity index is 389. The first kappa shape index (κ1) is 12.1. The van der Waals surface area contributed by atoms with Gasteiger partial charge in [0.25, 0.3) is 0 Å². The van der Waals surface area contributed by atoms with E-state index in [1.807, 2.05) is 6.07 Å². The molecular formula is C11H14BrNO2S. The van der Waals surface area contributed by atoms with Gasteiger partial charge in [0, 0.05) is 17.0 Å². The van der Waals surface area contributed by atoms with Crippen LogP contribution in [0, 0.1) is 0 Å². The van der Waals surface area contributed by atoms with Gasteiger partial charge < -0.3 is 5.11 Å². The Morgan fingerprint density at radius 3 is 2.81 bits per heavy atom. The van der Waals surface area contributed by atoms with Crippen LogP contribution in [0.5, 0.6) is 0 Å². The van der Waals surface area contributed by atoms with Gasteiger partial charge in [0.1, 0.15) is 0 Å². The van der Waals surface area contributed by atoms with Gasteiger partial charge in [0.15, 0.2) is 0 Å². The minimum absolute atomic E-state index is 0.140. The van der Waals surface area contributed by atoms with Gasteiger partial charge in [-0.3, -0.25) is 9.69 Å². The fourth-order valence-electron chi connectivity index (χ4n) is 1.86. The molecule has 0 amide bonds. The van der Waals surface area contributed by atoms with Crippen LogP contribution in [0.25, 0.3) is 0 Å². The quantitative estimate of drug-likeness (QED) is 0.908. The minimum atomic E-state index is -0.741. The zero-order valence-electron chi connectivity index (χ0n) is 9.02. The number of carbonyl (C=O) groups is 1. The molecule has 0 aromatic carbocycles. The number of thiophene rings is 1. The van der Waals surface area contributed by atoms with Crippen LogP contribution in [0.1, 0.15) is 30.7 Å². The summed E-state index contributed by atoms with van der Waals surface area (Å²) in [5.41, 5.74) is 0. The van der Waals surface area contributed by atoms with Crippen LogP contribution in [0.4, 0.5) is 0 Å². The molecule has 1 saturated carbocycles. The molecule has 1 aromatic heterocycles. The van der Waals surface area contributed by atoms with E-state index in [-0.39, 0.29) is 12.6 Å². The zero-order valence-corrected chi connectivity index (χ0v) is 11.4. The van der Waals surface area contributed by atoms with Gasteiger partial charge >= 0.3 is 5.97 Å². The molecule has 16 heavy (non-hydrogen) atoms. The van der Waals surface area contributed by atoms with Crippen molar-refractivity contribution in [3.05, 3.63) is 20.8 Å². The van der Waals surface area contributed by atoms with Gasteiger partial charge in [0.05, 0.1) is 10.3 Å². The second-order valence-corrected chi connectivity index (χ2v) is 6.61. The Kier molecular flexibility index (Phi) is 3.66. The fourth-order valence-corrected chi connectivity index (χ4v) is 3.36. The topological polar surface area (TPSA) is 40.5 Å². The van der Waals surface area contributed by atoms with Crippen molar-refractivity contribution in [2.24, 2.45) is 0 Å². The number of aliphatic carboxylic acids is 1. The molecule has 1 N–H and O–H groups in total. The number of nitrogens with zero attached hydrogens (tertiary/aromatic N) is 1. The summed E-state index contributed by atoms with van der Waals surface area (Å²) in [6.07, 6.45) is 2.26. The first-order chi connectivity index (χ1) is 7.58. The van der Waals surface area contributed by atoms with Crippen LogP contribution >= 0.6 is 27.3 Å². The summed E-state index contributed by atoms with van der Waals surface area (Å²) < 4.78 is 1.10. The molecule has 0 radical (unpaired) electrons. The standard InChI is InChI=1S/C11H14BrNO2S/c1-7(9-4-5-10(12)16-9)13(6-11(14)15)8-2-3-8/h4-5,7-8H,2-3,6H2,1H3,(H,14,15). The van der Waals surface area contributed by atoms with Crippen LogP contribution in [0.2, 0.25) is 0 Å². The normalized spacial score (nSPS) is 17.7. The third-order valence-corrected chi connectivity index (χ3v) is 4.63. The molecule has 0 spiro atoms. The number of hydrogen-bond acceptors (Lipinski definition) is 3.